The second-order valence-corrected chi connectivity index (χ2v) is 22.6. The van der Waals surface area contributed by atoms with E-state index in [1.165, 1.54) is 81.4 Å². The topological polar surface area (TPSA) is 70.3 Å². The Kier molecular flexibility index (Phi) is 9.53. The Bertz CT molecular complexity index is 2840. The van der Waals surface area contributed by atoms with E-state index in [4.69, 9.17) is 5.73 Å². The third-order valence-electron chi connectivity index (χ3n) is 16.6. The number of allylic oxidation sites excluding steroid dienone is 8. The zero-order valence-corrected chi connectivity index (χ0v) is 38.6. The third kappa shape index (κ3) is 6.34. The highest BCUT2D eigenvalue weighted by atomic mass is 32.2. The molecular formula is C57H58N6S2. The quantitative estimate of drug-likeness (QED) is 0.149. The van der Waals surface area contributed by atoms with E-state index < -0.39 is 0 Å². The Morgan fingerprint density at radius 1 is 0.677 bits per heavy atom. The highest BCUT2D eigenvalue weighted by Gasteiger charge is 2.47. The maximum atomic E-state index is 7.47. The predicted molar refractivity (Wildman–Crippen MR) is 269 cm³/mol. The fourth-order valence-electron chi connectivity index (χ4n) is 13.6. The van der Waals surface area contributed by atoms with E-state index >= 15 is 0 Å². The standard InChI is InChI=1S/C57H58N6S2/c58-44-31-35(57-60-55(33-12-2-1-3-13-33)59-56(61-57)34-23-28-51-42(30-34)38-15-6-10-20-49(38)64-51)22-26-47(44)63-45-18-8-4-14-37(45)40-25-27-48-53(54(40)63)41-17-5-9-19-46(41)62(48)36-24-29-52-43(32-36)39-16-7-11-21-50(39)65-52/h1-3,6,8-9,11-13,15,18-19,21,23-24,26,28-32,35,38-39,41,46,49-50,55-57,59-61H,4-5,7,10,14,16-17,20,22,25,27,58H2. The second kappa shape index (κ2) is 15.7. The number of thioether (sulfide) groups is 2. The first kappa shape index (κ1) is 39.5. The summed E-state index contributed by atoms with van der Waals surface area (Å²) in [5.74, 6) is 1.77. The normalized spacial score (nSPS) is 32.5. The third-order valence-corrected chi connectivity index (χ3v) is 19.4. The van der Waals surface area contributed by atoms with Gasteiger partial charge in [0.1, 0.15) is 0 Å². The van der Waals surface area contributed by atoms with Gasteiger partial charge in [-0.2, -0.15) is 0 Å². The fraction of sp³-hybridized carbons (Fsp3) is 0.368. The molecule has 1 aromatic heterocycles. The van der Waals surface area contributed by atoms with Gasteiger partial charge >= 0.3 is 0 Å². The summed E-state index contributed by atoms with van der Waals surface area (Å²) in [6.07, 6.45) is 36.9. The van der Waals surface area contributed by atoms with E-state index in [0.717, 1.165) is 44.2 Å². The first-order valence-corrected chi connectivity index (χ1v) is 26.5. The zero-order valence-electron chi connectivity index (χ0n) is 37.0. The van der Waals surface area contributed by atoms with Crippen molar-refractivity contribution in [3.63, 3.8) is 0 Å². The van der Waals surface area contributed by atoms with Crippen LogP contribution in [-0.4, -0.2) is 27.3 Å². The van der Waals surface area contributed by atoms with Crippen molar-refractivity contribution in [2.24, 2.45) is 17.6 Å². The van der Waals surface area contributed by atoms with Gasteiger partial charge in [-0.1, -0.05) is 97.1 Å². The van der Waals surface area contributed by atoms with Crippen molar-refractivity contribution in [3.05, 3.63) is 178 Å². The molecule has 0 saturated carbocycles. The molecule has 6 aliphatic carbocycles. The summed E-state index contributed by atoms with van der Waals surface area (Å²) in [6, 6.07) is 25.9. The number of aromatic nitrogens is 1. The number of hydrogen-bond acceptors (Lipinski definition) is 7. The van der Waals surface area contributed by atoms with Crippen molar-refractivity contribution >= 4 is 46.6 Å². The molecule has 6 nitrogen and oxygen atoms in total. The first-order chi connectivity index (χ1) is 32.1. The van der Waals surface area contributed by atoms with Gasteiger partial charge < -0.3 is 15.2 Å². The second-order valence-electron chi connectivity index (χ2n) is 20.1. The van der Waals surface area contributed by atoms with Crippen LogP contribution in [0.3, 0.4) is 0 Å². The minimum Gasteiger partial charge on any atom is -0.397 e. The van der Waals surface area contributed by atoms with E-state index in [2.05, 4.69) is 176 Å². The van der Waals surface area contributed by atoms with Crippen molar-refractivity contribution in [1.29, 1.82) is 0 Å². The van der Waals surface area contributed by atoms with Crippen LogP contribution in [0.5, 0.6) is 0 Å². The van der Waals surface area contributed by atoms with Gasteiger partial charge in [-0.25, -0.2) is 0 Å². The van der Waals surface area contributed by atoms with Gasteiger partial charge in [-0.15, -0.1) is 23.5 Å². The lowest BCUT2D eigenvalue weighted by atomic mass is 9.80. The molecule has 8 heteroatoms. The molecule has 0 radical (unpaired) electrons. The van der Waals surface area contributed by atoms with Gasteiger partial charge in [0.25, 0.3) is 0 Å². The lowest BCUT2D eigenvalue weighted by molar-refractivity contribution is 0.170. The Hall–Kier alpha value is -4.70. The molecule has 0 spiro atoms. The van der Waals surface area contributed by atoms with E-state index in [1.54, 1.807) is 28.0 Å². The predicted octanol–water partition coefficient (Wildman–Crippen LogP) is 12.0. The van der Waals surface area contributed by atoms with Gasteiger partial charge in [-0.3, -0.25) is 16.0 Å². The van der Waals surface area contributed by atoms with Gasteiger partial charge in [0, 0.05) is 66.6 Å². The lowest BCUT2D eigenvalue weighted by Gasteiger charge is -2.42. The molecule has 5 heterocycles. The van der Waals surface area contributed by atoms with Gasteiger partial charge in [0.05, 0.1) is 41.6 Å². The van der Waals surface area contributed by atoms with Crippen molar-refractivity contribution in [3.8, 4) is 0 Å². The van der Waals surface area contributed by atoms with E-state index in [-0.39, 0.29) is 24.4 Å². The molecule has 1 saturated heterocycles. The van der Waals surface area contributed by atoms with Crippen LogP contribution < -0.4 is 26.6 Å². The Balaban J connectivity index is 0.820. The number of nitrogens with two attached hydrogens (primary N) is 1. The smallest absolute Gasteiger partial charge is 0.0862 e. The molecule has 3 aromatic carbocycles. The summed E-state index contributed by atoms with van der Waals surface area (Å²) in [5.41, 5.74) is 25.6. The lowest BCUT2D eigenvalue weighted by Crippen LogP contribution is -2.61. The van der Waals surface area contributed by atoms with Crippen LogP contribution in [0.15, 0.2) is 143 Å². The number of anilines is 1. The fourth-order valence-corrected chi connectivity index (χ4v) is 16.4. The SMILES string of the molecule is NC1=CC(C2NC(c3ccccc3)NC(c3ccc4c(c3)C3C=CCCC3S4)N2)CC=C1n1c2c(c3c1C1=C(CC3)N(c3ccc4c(c3)C3CCC=CC3S4)C3C=CCCC13)CCC=C2. The average molecular weight is 891 g/mol. The summed E-state index contributed by atoms with van der Waals surface area (Å²) < 4.78 is 2.64. The first-order valence-electron chi connectivity index (χ1n) is 24.7. The molecule has 4 aliphatic heterocycles. The number of nitrogens with one attached hydrogen (secondary N) is 3. The number of hydrogen-bond donors (Lipinski definition) is 4. The minimum atomic E-state index is -0.0134. The zero-order chi connectivity index (χ0) is 42.8. The minimum absolute atomic E-state index is 0.00968. The van der Waals surface area contributed by atoms with E-state index in [1.807, 2.05) is 0 Å². The molecule has 14 rings (SSSR count). The average Bonchev–Trinajstić information content (AvgIpc) is 4.11. The number of fused-ring (bicyclic) bond motifs is 12. The van der Waals surface area contributed by atoms with Crippen molar-refractivity contribution < 1.29 is 0 Å². The number of benzene rings is 3. The molecule has 5 N–H and O–H groups in total. The molecule has 0 amide bonds. The molecule has 0 bridgehead atoms. The van der Waals surface area contributed by atoms with E-state index in [0.29, 0.717) is 34.3 Å². The summed E-state index contributed by atoms with van der Waals surface area (Å²) in [6.45, 7) is 0. The van der Waals surface area contributed by atoms with E-state index in [9.17, 15) is 0 Å². The Labute approximate surface area is 392 Å². The van der Waals surface area contributed by atoms with Crippen molar-refractivity contribution in [2.75, 3.05) is 4.90 Å². The van der Waals surface area contributed by atoms with Crippen LogP contribution in [0.1, 0.15) is 127 Å². The van der Waals surface area contributed by atoms with Gasteiger partial charge in [-0.05, 0) is 134 Å². The highest BCUT2D eigenvalue weighted by molar-refractivity contribution is 8.00. The molecule has 10 atom stereocenters. The molecule has 328 valence electrons. The molecule has 10 unspecified atom stereocenters. The van der Waals surface area contributed by atoms with Gasteiger partial charge in [0.2, 0.25) is 0 Å². The summed E-state index contributed by atoms with van der Waals surface area (Å²) in [5, 5.41) is 13.3. The Morgan fingerprint density at radius 2 is 1.49 bits per heavy atom. The van der Waals surface area contributed by atoms with Crippen LogP contribution in [0, 0.1) is 11.8 Å². The molecule has 65 heavy (non-hydrogen) atoms. The Morgan fingerprint density at radius 3 is 2.40 bits per heavy atom. The summed E-state index contributed by atoms with van der Waals surface area (Å²) in [4.78, 5) is 5.72. The van der Waals surface area contributed by atoms with Crippen LogP contribution in [0.2, 0.25) is 0 Å². The van der Waals surface area contributed by atoms with Crippen molar-refractivity contribution in [1.82, 2.24) is 20.5 Å². The molecular weight excluding hydrogens is 833 g/mol. The monoisotopic (exact) mass is 890 g/mol. The maximum absolute atomic E-state index is 7.47. The van der Waals surface area contributed by atoms with Crippen LogP contribution in [0.4, 0.5) is 5.69 Å². The largest absolute Gasteiger partial charge is 0.397 e. The molecule has 1 fully saturated rings. The van der Waals surface area contributed by atoms with Gasteiger partial charge in [0.15, 0.2) is 0 Å². The molecule has 4 aromatic rings. The number of rotatable bonds is 5. The maximum Gasteiger partial charge on any atom is 0.0862 e. The van der Waals surface area contributed by atoms with Crippen LogP contribution in [0.25, 0.3) is 17.3 Å². The highest BCUT2D eigenvalue weighted by Crippen LogP contribution is 2.57. The number of nitrogens with zero attached hydrogens (tertiary/aromatic N) is 2. The summed E-state index contributed by atoms with van der Waals surface area (Å²) in [7, 11) is 0. The summed E-state index contributed by atoms with van der Waals surface area (Å²) >= 11 is 4.16. The van der Waals surface area contributed by atoms with Crippen LogP contribution >= 0.6 is 23.5 Å². The molecule has 10 aliphatic rings. The van der Waals surface area contributed by atoms with Crippen molar-refractivity contribution in [2.45, 2.75) is 127 Å². The van der Waals surface area contributed by atoms with Crippen LogP contribution in [-0.2, 0) is 12.8 Å².